The van der Waals surface area contributed by atoms with Crippen LogP contribution in [0.25, 0.3) is 11.3 Å². The van der Waals surface area contributed by atoms with Gasteiger partial charge in [0.1, 0.15) is 17.7 Å². The number of hydrogen-bond donors (Lipinski definition) is 2. The molecule has 0 radical (unpaired) electrons. The number of anilines is 3. The van der Waals surface area contributed by atoms with Crippen LogP contribution >= 0.6 is 0 Å². The molecular weight excluding hydrogens is 266 g/mol. The lowest BCUT2D eigenvalue weighted by atomic mass is 10.1. The zero-order chi connectivity index (χ0) is 14.7. The normalized spacial score (nSPS) is 10.3. The first-order chi connectivity index (χ1) is 10.2. The Morgan fingerprint density at radius 1 is 1.05 bits per heavy atom. The molecule has 0 fully saturated rings. The van der Waals surface area contributed by atoms with Gasteiger partial charge in [0.05, 0.1) is 7.11 Å². The second-order valence-electron chi connectivity index (χ2n) is 4.51. The van der Waals surface area contributed by atoms with Crippen LogP contribution in [0.4, 0.5) is 17.4 Å². The van der Waals surface area contributed by atoms with Crippen molar-refractivity contribution < 1.29 is 9.15 Å². The summed E-state index contributed by atoms with van der Waals surface area (Å²) in [5.74, 6) is 0.801. The lowest BCUT2D eigenvalue weighted by Gasteiger charge is -2.03. The van der Waals surface area contributed by atoms with Gasteiger partial charge in [0.2, 0.25) is 0 Å². The highest BCUT2D eigenvalue weighted by molar-refractivity contribution is 5.63. The lowest BCUT2D eigenvalue weighted by Crippen LogP contribution is -1.91. The SMILES string of the molecule is COc1ccc(Nc2nc(-c3ccc(N)cc3)co2)cc1. The fourth-order valence-electron chi connectivity index (χ4n) is 1.92. The summed E-state index contributed by atoms with van der Waals surface area (Å²) in [5.41, 5.74) is 8.98. The molecule has 3 rings (SSSR count). The molecule has 0 saturated carbocycles. The number of ether oxygens (including phenoxy) is 1. The maximum Gasteiger partial charge on any atom is 0.299 e. The van der Waals surface area contributed by atoms with Crippen molar-refractivity contribution in [3.63, 3.8) is 0 Å². The van der Waals surface area contributed by atoms with E-state index in [0.29, 0.717) is 6.01 Å². The van der Waals surface area contributed by atoms with Gasteiger partial charge in [0.15, 0.2) is 0 Å². The molecule has 1 aromatic heterocycles. The molecule has 3 aromatic rings. The minimum absolute atomic E-state index is 0.437. The van der Waals surface area contributed by atoms with Gasteiger partial charge in [-0.2, -0.15) is 4.98 Å². The van der Waals surface area contributed by atoms with Gasteiger partial charge >= 0.3 is 0 Å². The summed E-state index contributed by atoms with van der Waals surface area (Å²) in [6.07, 6.45) is 1.61. The fraction of sp³-hybridized carbons (Fsp3) is 0.0625. The zero-order valence-electron chi connectivity index (χ0n) is 11.5. The number of methoxy groups -OCH3 is 1. The van der Waals surface area contributed by atoms with E-state index in [4.69, 9.17) is 14.9 Å². The molecule has 0 spiro atoms. The van der Waals surface area contributed by atoms with Gasteiger partial charge in [-0.3, -0.25) is 0 Å². The molecular formula is C16H15N3O2. The van der Waals surface area contributed by atoms with Gasteiger partial charge in [-0.25, -0.2) is 0 Å². The van der Waals surface area contributed by atoms with Crippen LogP contribution < -0.4 is 15.8 Å². The van der Waals surface area contributed by atoms with Crippen molar-refractivity contribution in [2.24, 2.45) is 0 Å². The third-order valence-corrected chi connectivity index (χ3v) is 3.05. The van der Waals surface area contributed by atoms with Crippen LogP contribution in [0.5, 0.6) is 5.75 Å². The summed E-state index contributed by atoms with van der Waals surface area (Å²) in [5, 5.41) is 3.10. The molecule has 5 heteroatoms. The van der Waals surface area contributed by atoms with Gasteiger partial charge in [-0.1, -0.05) is 12.1 Å². The van der Waals surface area contributed by atoms with Crippen LogP contribution in [-0.2, 0) is 0 Å². The Balaban J connectivity index is 1.76. The average molecular weight is 281 g/mol. The molecule has 2 aromatic carbocycles. The summed E-state index contributed by atoms with van der Waals surface area (Å²) >= 11 is 0. The second kappa shape index (κ2) is 5.58. The van der Waals surface area contributed by atoms with Crippen LogP contribution in [0.3, 0.4) is 0 Å². The Morgan fingerprint density at radius 2 is 1.76 bits per heavy atom. The number of aromatic nitrogens is 1. The first-order valence-electron chi connectivity index (χ1n) is 6.47. The van der Waals surface area contributed by atoms with Crippen molar-refractivity contribution in [1.82, 2.24) is 4.98 Å². The molecule has 0 bridgehead atoms. The van der Waals surface area contributed by atoms with E-state index >= 15 is 0 Å². The van der Waals surface area contributed by atoms with E-state index in [0.717, 1.165) is 28.4 Å². The molecule has 0 amide bonds. The molecule has 0 unspecified atom stereocenters. The second-order valence-corrected chi connectivity index (χ2v) is 4.51. The fourth-order valence-corrected chi connectivity index (χ4v) is 1.92. The van der Waals surface area contributed by atoms with E-state index in [-0.39, 0.29) is 0 Å². The van der Waals surface area contributed by atoms with Crippen molar-refractivity contribution in [1.29, 1.82) is 0 Å². The summed E-state index contributed by atoms with van der Waals surface area (Å²) in [4.78, 5) is 4.40. The number of nitrogens with zero attached hydrogens (tertiary/aromatic N) is 1. The molecule has 106 valence electrons. The van der Waals surface area contributed by atoms with E-state index in [1.165, 1.54) is 0 Å². The summed E-state index contributed by atoms with van der Waals surface area (Å²) in [7, 11) is 1.63. The van der Waals surface area contributed by atoms with Gasteiger partial charge in [-0.15, -0.1) is 0 Å². The summed E-state index contributed by atoms with van der Waals surface area (Å²) < 4.78 is 10.5. The molecule has 21 heavy (non-hydrogen) atoms. The predicted octanol–water partition coefficient (Wildman–Crippen LogP) is 3.68. The smallest absolute Gasteiger partial charge is 0.299 e. The van der Waals surface area contributed by atoms with Gasteiger partial charge in [0, 0.05) is 16.9 Å². The van der Waals surface area contributed by atoms with Crippen molar-refractivity contribution in [2.75, 3.05) is 18.2 Å². The molecule has 1 heterocycles. The van der Waals surface area contributed by atoms with Crippen LogP contribution in [0.2, 0.25) is 0 Å². The van der Waals surface area contributed by atoms with Crippen molar-refractivity contribution in [3.8, 4) is 17.0 Å². The quantitative estimate of drug-likeness (QED) is 0.714. The molecule has 3 N–H and O–H groups in total. The monoisotopic (exact) mass is 281 g/mol. The van der Waals surface area contributed by atoms with Crippen LogP contribution in [-0.4, -0.2) is 12.1 Å². The molecule has 0 atom stereocenters. The molecule has 5 nitrogen and oxygen atoms in total. The number of nitrogen functional groups attached to an aromatic ring is 1. The Hall–Kier alpha value is -2.95. The molecule has 0 aliphatic heterocycles. The number of nitrogens with two attached hydrogens (primary N) is 1. The minimum atomic E-state index is 0.437. The number of nitrogens with one attached hydrogen (secondary N) is 1. The number of hydrogen-bond acceptors (Lipinski definition) is 5. The van der Waals surface area contributed by atoms with E-state index in [9.17, 15) is 0 Å². The van der Waals surface area contributed by atoms with Crippen molar-refractivity contribution in [3.05, 3.63) is 54.8 Å². The first-order valence-corrected chi connectivity index (χ1v) is 6.47. The maximum absolute atomic E-state index is 5.67. The van der Waals surface area contributed by atoms with Gasteiger partial charge < -0.3 is 20.2 Å². The Kier molecular flexibility index (Phi) is 3.47. The average Bonchev–Trinajstić information content (AvgIpc) is 2.97. The predicted molar refractivity (Wildman–Crippen MR) is 82.6 cm³/mol. The first kappa shape index (κ1) is 13.1. The van der Waals surface area contributed by atoms with Crippen LogP contribution in [0, 0.1) is 0 Å². The van der Waals surface area contributed by atoms with Crippen LogP contribution in [0.1, 0.15) is 0 Å². The molecule has 0 aliphatic carbocycles. The maximum atomic E-state index is 5.67. The highest BCUT2D eigenvalue weighted by atomic mass is 16.5. The summed E-state index contributed by atoms with van der Waals surface area (Å²) in [6.45, 7) is 0. The lowest BCUT2D eigenvalue weighted by molar-refractivity contribution is 0.415. The number of rotatable bonds is 4. The topological polar surface area (TPSA) is 73.3 Å². The van der Waals surface area contributed by atoms with Gasteiger partial charge in [-0.05, 0) is 36.4 Å². The minimum Gasteiger partial charge on any atom is -0.497 e. The standard InChI is InChI=1S/C16H15N3O2/c1-20-14-8-6-13(7-9-14)18-16-19-15(10-21-16)11-2-4-12(17)5-3-11/h2-10H,17H2,1H3,(H,18,19). The van der Waals surface area contributed by atoms with Gasteiger partial charge in [0.25, 0.3) is 6.01 Å². The van der Waals surface area contributed by atoms with E-state index in [1.54, 1.807) is 13.4 Å². The highest BCUT2D eigenvalue weighted by Gasteiger charge is 2.06. The zero-order valence-corrected chi connectivity index (χ0v) is 11.5. The van der Waals surface area contributed by atoms with E-state index in [2.05, 4.69) is 10.3 Å². The van der Waals surface area contributed by atoms with E-state index < -0.39 is 0 Å². The van der Waals surface area contributed by atoms with Crippen LogP contribution in [0.15, 0.2) is 59.2 Å². The molecule has 0 saturated heterocycles. The largest absolute Gasteiger partial charge is 0.497 e. The number of oxazole rings is 1. The number of benzene rings is 2. The Labute approximate surface area is 122 Å². The highest BCUT2D eigenvalue weighted by Crippen LogP contribution is 2.24. The Morgan fingerprint density at radius 3 is 2.43 bits per heavy atom. The third kappa shape index (κ3) is 2.97. The Bertz CT molecular complexity index is 718. The van der Waals surface area contributed by atoms with Crippen molar-refractivity contribution >= 4 is 17.4 Å². The van der Waals surface area contributed by atoms with E-state index in [1.807, 2.05) is 48.5 Å². The third-order valence-electron chi connectivity index (χ3n) is 3.05. The van der Waals surface area contributed by atoms with Crippen molar-refractivity contribution in [2.45, 2.75) is 0 Å². The molecule has 0 aliphatic rings. The summed E-state index contributed by atoms with van der Waals surface area (Å²) in [6, 6.07) is 15.4.